The van der Waals surface area contributed by atoms with Crippen LogP contribution in [-0.2, 0) is 19.6 Å². The number of H-pyrrole nitrogens is 1. The molecule has 1 aromatic carbocycles. The van der Waals surface area contributed by atoms with E-state index >= 15 is 0 Å². The number of amides is 1. The zero-order chi connectivity index (χ0) is 20.5. The van der Waals surface area contributed by atoms with Crippen LogP contribution in [-0.4, -0.2) is 37.0 Å². The molecule has 1 amide bonds. The molecule has 0 atom stereocenters. The summed E-state index contributed by atoms with van der Waals surface area (Å²) in [6, 6.07) is 4.78. The number of carbonyl (C=O) groups excluding carboxylic acids is 1. The molecule has 28 heavy (non-hydrogen) atoms. The number of hydrogen-bond acceptors (Lipinski definition) is 4. The number of benzene rings is 1. The monoisotopic (exact) mass is 410 g/mol. The van der Waals surface area contributed by atoms with E-state index in [0.29, 0.717) is 29.3 Å². The summed E-state index contributed by atoms with van der Waals surface area (Å²) in [7, 11) is 1.77. The summed E-state index contributed by atoms with van der Waals surface area (Å²) in [5, 5.41) is 13.5. The van der Waals surface area contributed by atoms with Gasteiger partial charge >= 0.3 is 6.18 Å². The van der Waals surface area contributed by atoms with Gasteiger partial charge in [-0.25, -0.2) is 4.68 Å². The minimum Gasteiger partial charge on any atom is -0.351 e. The van der Waals surface area contributed by atoms with Gasteiger partial charge in [-0.2, -0.15) is 23.4 Å². The van der Waals surface area contributed by atoms with Gasteiger partial charge in [0.05, 0.1) is 28.7 Å². The third kappa shape index (κ3) is 3.98. The van der Waals surface area contributed by atoms with Gasteiger partial charge in [0.25, 0.3) is 5.91 Å². The van der Waals surface area contributed by atoms with Gasteiger partial charge in [-0.05, 0) is 37.3 Å². The van der Waals surface area contributed by atoms with Crippen molar-refractivity contribution in [3.05, 3.63) is 57.9 Å². The predicted octanol–water partition coefficient (Wildman–Crippen LogP) is 2.96. The maximum absolute atomic E-state index is 12.9. The lowest BCUT2D eigenvalue weighted by molar-refractivity contribution is -0.137. The third-order valence-corrected chi connectivity index (χ3v) is 4.64. The SMILES string of the molecule is Cc1c(C(=O)NCCc2n[nH]c(=S)n2C)cnn1-c1cccc(C(F)(F)F)c1. The van der Waals surface area contributed by atoms with Crippen molar-refractivity contribution in [3.8, 4) is 5.69 Å². The summed E-state index contributed by atoms with van der Waals surface area (Å²) in [5.74, 6) is 0.328. The Labute approximate surface area is 163 Å². The second kappa shape index (κ2) is 7.58. The van der Waals surface area contributed by atoms with Crippen molar-refractivity contribution in [2.24, 2.45) is 7.05 Å². The molecule has 0 aliphatic heterocycles. The van der Waals surface area contributed by atoms with Crippen LogP contribution in [0, 0.1) is 11.7 Å². The molecule has 0 aliphatic rings. The number of halogens is 3. The van der Waals surface area contributed by atoms with Crippen molar-refractivity contribution in [1.82, 2.24) is 29.9 Å². The fourth-order valence-electron chi connectivity index (χ4n) is 2.69. The molecule has 0 saturated heterocycles. The number of aromatic nitrogens is 5. The lowest BCUT2D eigenvalue weighted by Crippen LogP contribution is -2.26. The zero-order valence-electron chi connectivity index (χ0n) is 15.0. The summed E-state index contributed by atoms with van der Waals surface area (Å²) in [6.45, 7) is 1.94. The van der Waals surface area contributed by atoms with Gasteiger partial charge in [0.15, 0.2) is 4.77 Å². The molecule has 0 saturated carbocycles. The zero-order valence-corrected chi connectivity index (χ0v) is 15.9. The molecular weight excluding hydrogens is 393 g/mol. The van der Waals surface area contributed by atoms with Crippen LogP contribution >= 0.6 is 12.2 Å². The van der Waals surface area contributed by atoms with E-state index in [2.05, 4.69) is 20.6 Å². The van der Waals surface area contributed by atoms with Crippen molar-refractivity contribution in [2.75, 3.05) is 6.54 Å². The molecular formula is C17H17F3N6OS. The number of carbonyl (C=O) groups is 1. The molecule has 0 aliphatic carbocycles. The van der Waals surface area contributed by atoms with Crippen LogP contribution < -0.4 is 5.32 Å². The maximum atomic E-state index is 12.9. The largest absolute Gasteiger partial charge is 0.416 e. The van der Waals surface area contributed by atoms with Crippen molar-refractivity contribution in [2.45, 2.75) is 19.5 Å². The molecule has 0 radical (unpaired) electrons. The second-order valence-corrected chi connectivity index (χ2v) is 6.50. The highest BCUT2D eigenvalue weighted by Gasteiger charge is 2.30. The number of hydrogen-bond donors (Lipinski definition) is 2. The van der Waals surface area contributed by atoms with E-state index in [4.69, 9.17) is 12.2 Å². The van der Waals surface area contributed by atoms with Crippen molar-refractivity contribution in [1.29, 1.82) is 0 Å². The predicted molar refractivity (Wildman–Crippen MR) is 97.7 cm³/mol. The standard InChI is InChI=1S/C17H17F3N6OS/c1-10-13(15(27)21-7-6-14-23-24-16(28)25(14)2)9-22-26(10)12-5-3-4-11(8-12)17(18,19)20/h3-5,8-9H,6-7H2,1-2H3,(H,21,27)(H,24,28). The Morgan fingerprint density at radius 1 is 1.36 bits per heavy atom. The second-order valence-electron chi connectivity index (χ2n) is 6.11. The Hall–Kier alpha value is -2.95. The minimum atomic E-state index is -4.45. The topological polar surface area (TPSA) is 80.5 Å². The molecule has 2 heterocycles. The van der Waals surface area contributed by atoms with Gasteiger partial charge in [0, 0.05) is 20.0 Å². The number of aromatic amines is 1. The molecule has 0 fully saturated rings. The summed E-state index contributed by atoms with van der Waals surface area (Å²) in [6.07, 6.45) is -2.65. The molecule has 0 spiro atoms. The van der Waals surface area contributed by atoms with Gasteiger partial charge < -0.3 is 9.88 Å². The van der Waals surface area contributed by atoms with Gasteiger partial charge in [-0.15, -0.1) is 0 Å². The number of nitrogens with one attached hydrogen (secondary N) is 2. The van der Waals surface area contributed by atoms with Crippen molar-refractivity contribution >= 4 is 18.1 Å². The van der Waals surface area contributed by atoms with E-state index in [9.17, 15) is 18.0 Å². The van der Waals surface area contributed by atoms with Crippen molar-refractivity contribution < 1.29 is 18.0 Å². The fraction of sp³-hybridized carbons (Fsp3) is 0.294. The number of nitrogens with zero attached hydrogens (tertiary/aromatic N) is 4. The van der Waals surface area contributed by atoms with Gasteiger partial charge in [-0.1, -0.05) is 6.07 Å². The van der Waals surface area contributed by atoms with Crippen LogP contribution in [0.5, 0.6) is 0 Å². The molecule has 2 N–H and O–H groups in total. The molecule has 0 unspecified atom stereocenters. The average Bonchev–Trinajstić information content (AvgIpc) is 3.18. The first-order chi connectivity index (χ1) is 13.2. The summed E-state index contributed by atoms with van der Waals surface area (Å²) in [5.41, 5.74) is 0.176. The quantitative estimate of drug-likeness (QED) is 0.634. The van der Waals surface area contributed by atoms with Crippen LogP contribution in [0.4, 0.5) is 13.2 Å². The normalized spacial score (nSPS) is 11.6. The highest BCUT2D eigenvalue weighted by Crippen LogP contribution is 2.30. The fourth-order valence-corrected chi connectivity index (χ4v) is 2.84. The van der Waals surface area contributed by atoms with E-state index in [1.165, 1.54) is 23.0 Å². The third-order valence-electron chi connectivity index (χ3n) is 4.28. The Balaban J connectivity index is 1.73. The smallest absolute Gasteiger partial charge is 0.351 e. The molecule has 3 aromatic rings. The van der Waals surface area contributed by atoms with E-state index in [0.717, 1.165) is 12.1 Å². The van der Waals surface area contributed by atoms with E-state index in [1.807, 2.05) is 0 Å². The molecule has 3 rings (SSSR count). The highest BCUT2D eigenvalue weighted by atomic mass is 32.1. The minimum absolute atomic E-state index is 0.230. The van der Waals surface area contributed by atoms with Gasteiger partial charge in [0.2, 0.25) is 0 Å². The summed E-state index contributed by atoms with van der Waals surface area (Å²) < 4.78 is 42.3. The molecule has 11 heteroatoms. The molecule has 2 aromatic heterocycles. The average molecular weight is 410 g/mol. The van der Waals surface area contributed by atoms with Crippen LogP contribution in [0.2, 0.25) is 0 Å². The molecule has 148 valence electrons. The van der Waals surface area contributed by atoms with Crippen LogP contribution in [0.15, 0.2) is 30.5 Å². The lowest BCUT2D eigenvalue weighted by Gasteiger charge is -2.10. The first kappa shape index (κ1) is 19.8. The van der Waals surface area contributed by atoms with Gasteiger partial charge in [0.1, 0.15) is 5.82 Å². The van der Waals surface area contributed by atoms with E-state index in [1.54, 1.807) is 18.5 Å². The first-order valence-corrected chi connectivity index (χ1v) is 8.70. The number of rotatable bonds is 5. The Kier molecular flexibility index (Phi) is 5.36. The van der Waals surface area contributed by atoms with E-state index in [-0.39, 0.29) is 17.2 Å². The highest BCUT2D eigenvalue weighted by molar-refractivity contribution is 7.71. The maximum Gasteiger partial charge on any atom is 0.416 e. The Morgan fingerprint density at radius 2 is 2.11 bits per heavy atom. The summed E-state index contributed by atoms with van der Waals surface area (Å²) >= 11 is 5.03. The van der Waals surface area contributed by atoms with E-state index < -0.39 is 11.7 Å². The van der Waals surface area contributed by atoms with Crippen LogP contribution in [0.1, 0.15) is 27.4 Å². The van der Waals surface area contributed by atoms with Crippen LogP contribution in [0.3, 0.4) is 0 Å². The Morgan fingerprint density at radius 3 is 2.75 bits per heavy atom. The molecule has 7 nitrogen and oxygen atoms in total. The van der Waals surface area contributed by atoms with Gasteiger partial charge in [-0.3, -0.25) is 9.89 Å². The number of alkyl halides is 3. The van der Waals surface area contributed by atoms with Crippen LogP contribution in [0.25, 0.3) is 5.69 Å². The van der Waals surface area contributed by atoms with Crippen molar-refractivity contribution in [3.63, 3.8) is 0 Å². The molecule has 0 bridgehead atoms. The summed E-state index contributed by atoms with van der Waals surface area (Å²) in [4.78, 5) is 12.4. The first-order valence-electron chi connectivity index (χ1n) is 8.29. The Bertz CT molecular complexity index is 1070. The lowest BCUT2D eigenvalue weighted by atomic mass is 10.2.